The highest BCUT2D eigenvalue weighted by molar-refractivity contribution is 9.10. The number of ether oxygens (including phenoxy) is 1. The van der Waals surface area contributed by atoms with Gasteiger partial charge in [-0.2, -0.15) is 13.2 Å². The van der Waals surface area contributed by atoms with Crippen molar-refractivity contribution >= 4 is 27.7 Å². The predicted molar refractivity (Wildman–Crippen MR) is 129 cm³/mol. The van der Waals surface area contributed by atoms with Crippen LogP contribution in [0.25, 0.3) is 0 Å². The minimum atomic E-state index is -4.52. The van der Waals surface area contributed by atoms with Crippen LogP contribution in [0.15, 0.2) is 53.0 Å². The summed E-state index contributed by atoms with van der Waals surface area (Å²) in [5.41, 5.74) is -0.861. The van der Waals surface area contributed by atoms with E-state index in [-0.39, 0.29) is 36.5 Å². The Morgan fingerprint density at radius 1 is 0.971 bits per heavy atom. The minimum Gasteiger partial charge on any atom is -0.490 e. The van der Waals surface area contributed by atoms with Gasteiger partial charge in [-0.05, 0) is 55.7 Å². The third-order valence-corrected chi connectivity index (χ3v) is 7.11. The third-order valence-electron chi connectivity index (χ3n) is 6.62. The quantitative estimate of drug-likeness (QED) is 0.472. The second-order valence-corrected chi connectivity index (χ2v) is 10.1. The Balaban J connectivity index is 1.51. The van der Waals surface area contributed by atoms with Gasteiger partial charge >= 0.3 is 6.18 Å². The Labute approximate surface area is 211 Å². The van der Waals surface area contributed by atoms with Crippen LogP contribution in [0.3, 0.4) is 0 Å². The number of carbonyl (C=O) groups excluding carboxylic acids is 2. The van der Waals surface area contributed by atoms with Gasteiger partial charge in [0.15, 0.2) is 0 Å². The van der Waals surface area contributed by atoms with Crippen molar-refractivity contribution in [1.29, 1.82) is 0 Å². The van der Waals surface area contributed by atoms with E-state index in [1.54, 1.807) is 4.90 Å². The van der Waals surface area contributed by atoms with E-state index in [1.165, 1.54) is 12.1 Å². The van der Waals surface area contributed by atoms with Crippen molar-refractivity contribution in [3.63, 3.8) is 0 Å². The van der Waals surface area contributed by atoms with Crippen molar-refractivity contribution in [2.24, 2.45) is 5.92 Å². The molecular formula is C26H28BrF3N2O3. The summed E-state index contributed by atoms with van der Waals surface area (Å²) in [6.45, 7) is 2.04. The zero-order valence-electron chi connectivity index (χ0n) is 19.3. The number of alkyl halides is 3. The van der Waals surface area contributed by atoms with Crippen LogP contribution in [-0.2, 0) is 11.0 Å². The summed E-state index contributed by atoms with van der Waals surface area (Å²) < 4.78 is 46.6. The lowest BCUT2D eigenvalue weighted by Crippen LogP contribution is -2.50. The second kappa shape index (κ2) is 11.0. The molecule has 2 aliphatic heterocycles. The van der Waals surface area contributed by atoms with Crippen LogP contribution in [-0.4, -0.2) is 53.9 Å². The highest BCUT2D eigenvalue weighted by Gasteiger charge is 2.37. The molecule has 2 aliphatic rings. The Kier molecular flexibility index (Phi) is 8.04. The van der Waals surface area contributed by atoms with Crippen molar-refractivity contribution < 1.29 is 27.5 Å². The first-order chi connectivity index (χ1) is 16.7. The van der Waals surface area contributed by atoms with Gasteiger partial charge in [-0.25, -0.2) is 0 Å². The van der Waals surface area contributed by atoms with Gasteiger partial charge in [-0.15, -0.1) is 0 Å². The Morgan fingerprint density at radius 2 is 1.71 bits per heavy atom. The second-order valence-electron chi connectivity index (χ2n) is 9.14. The van der Waals surface area contributed by atoms with Crippen molar-refractivity contribution in [1.82, 2.24) is 9.80 Å². The summed E-state index contributed by atoms with van der Waals surface area (Å²) in [6.07, 6.45) is -1.03. The molecule has 2 atom stereocenters. The number of halogens is 4. The SMILES string of the molecule is O=C(C[C@H]1CN(C(=O)c2cccc(C(F)(F)F)c2)CC[C@@H]1Oc1cccc(Br)c1)N1CCCCC1. The molecule has 0 bridgehead atoms. The van der Waals surface area contributed by atoms with E-state index >= 15 is 0 Å². The van der Waals surface area contributed by atoms with E-state index in [1.807, 2.05) is 29.2 Å². The maximum atomic E-state index is 13.2. The summed E-state index contributed by atoms with van der Waals surface area (Å²) in [5, 5.41) is 0. The van der Waals surface area contributed by atoms with Crippen molar-refractivity contribution in [2.45, 2.75) is 44.4 Å². The summed E-state index contributed by atoms with van der Waals surface area (Å²) in [6, 6.07) is 11.9. The number of amides is 2. The normalized spacial score (nSPS) is 21.0. The molecule has 4 rings (SSSR count). The van der Waals surface area contributed by atoms with E-state index in [4.69, 9.17) is 4.74 Å². The smallest absolute Gasteiger partial charge is 0.416 e. The number of nitrogens with zero attached hydrogens (tertiary/aromatic N) is 2. The molecule has 2 aromatic rings. The average Bonchev–Trinajstić information content (AvgIpc) is 2.85. The molecule has 0 radical (unpaired) electrons. The molecule has 2 saturated heterocycles. The van der Waals surface area contributed by atoms with Crippen molar-refractivity contribution in [3.8, 4) is 5.75 Å². The number of likely N-dealkylation sites (tertiary alicyclic amines) is 2. The number of benzene rings is 2. The molecule has 5 nitrogen and oxygen atoms in total. The number of hydrogen-bond donors (Lipinski definition) is 0. The molecule has 0 saturated carbocycles. The molecule has 0 spiro atoms. The highest BCUT2D eigenvalue weighted by atomic mass is 79.9. The van der Waals surface area contributed by atoms with E-state index < -0.39 is 17.6 Å². The van der Waals surface area contributed by atoms with Crippen LogP contribution in [0.5, 0.6) is 5.75 Å². The predicted octanol–water partition coefficient (Wildman–Crippen LogP) is 5.78. The van der Waals surface area contributed by atoms with Gasteiger partial charge in [0, 0.05) is 55.0 Å². The number of carbonyl (C=O) groups is 2. The standard InChI is InChI=1S/C26H28BrF3N2O3/c27-21-8-5-9-22(16-21)35-23-10-13-32(17-19(23)15-24(33)31-11-2-1-3-12-31)25(34)18-6-4-7-20(14-18)26(28,29)30/h4-9,14,16,19,23H,1-3,10-13,15,17H2/t19-,23-/m0/s1. The van der Waals surface area contributed by atoms with Crippen LogP contribution in [0, 0.1) is 5.92 Å². The molecule has 0 aliphatic carbocycles. The number of hydrogen-bond acceptors (Lipinski definition) is 3. The molecule has 2 heterocycles. The fourth-order valence-electron chi connectivity index (χ4n) is 4.77. The van der Waals surface area contributed by atoms with Gasteiger partial charge < -0.3 is 14.5 Å². The zero-order valence-corrected chi connectivity index (χ0v) is 20.9. The third kappa shape index (κ3) is 6.57. The van der Waals surface area contributed by atoms with E-state index in [9.17, 15) is 22.8 Å². The van der Waals surface area contributed by atoms with Gasteiger partial charge in [0.2, 0.25) is 5.91 Å². The molecule has 9 heteroatoms. The number of piperidine rings is 2. The monoisotopic (exact) mass is 552 g/mol. The summed E-state index contributed by atoms with van der Waals surface area (Å²) >= 11 is 3.43. The first kappa shape index (κ1) is 25.5. The zero-order chi connectivity index (χ0) is 25.0. The molecule has 35 heavy (non-hydrogen) atoms. The maximum Gasteiger partial charge on any atom is 0.416 e. The summed E-state index contributed by atoms with van der Waals surface area (Å²) in [7, 11) is 0. The molecule has 0 N–H and O–H groups in total. The van der Waals surface area contributed by atoms with E-state index in [0.717, 1.165) is 49.0 Å². The molecule has 0 unspecified atom stereocenters. The minimum absolute atomic E-state index is 0.00714. The van der Waals surface area contributed by atoms with Crippen LogP contribution >= 0.6 is 15.9 Å². The van der Waals surface area contributed by atoms with Gasteiger partial charge in [0.1, 0.15) is 11.9 Å². The topological polar surface area (TPSA) is 49.9 Å². The van der Waals surface area contributed by atoms with E-state index in [2.05, 4.69) is 15.9 Å². The molecular weight excluding hydrogens is 525 g/mol. The molecule has 2 aromatic carbocycles. The Bertz CT molecular complexity index is 1060. The van der Waals surface area contributed by atoms with Crippen molar-refractivity contribution in [3.05, 3.63) is 64.1 Å². The maximum absolute atomic E-state index is 13.2. The van der Waals surface area contributed by atoms with Crippen LogP contribution in [0.2, 0.25) is 0 Å². The molecule has 2 amide bonds. The molecule has 0 aromatic heterocycles. The summed E-state index contributed by atoms with van der Waals surface area (Å²) in [5.74, 6) is -0.0392. The Morgan fingerprint density at radius 3 is 2.43 bits per heavy atom. The van der Waals surface area contributed by atoms with Gasteiger partial charge in [0.25, 0.3) is 5.91 Å². The lowest BCUT2D eigenvalue weighted by Gasteiger charge is -2.39. The highest BCUT2D eigenvalue weighted by Crippen LogP contribution is 2.32. The molecule has 188 valence electrons. The van der Waals surface area contributed by atoms with Crippen LogP contribution < -0.4 is 4.74 Å². The fraction of sp³-hybridized carbons (Fsp3) is 0.462. The summed E-state index contributed by atoms with van der Waals surface area (Å²) in [4.78, 5) is 29.6. The van der Waals surface area contributed by atoms with Gasteiger partial charge in [-0.1, -0.05) is 28.1 Å². The van der Waals surface area contributed by atoms with Gasteiger partial charge in [-0.3, -0.25) is 9.59 Å². The first-order valence-electron chi connectivity index (χ1n) is 11.9. The first-order valence-corrected chi connectivity index (χ1v) is 12.7. The lowest BCUT2D eigenvalue weighted by molar-refractivity contribution is -0.137. The fourth-order valence-corrected chi connectivity index (χ4v) is 5.15. The van der Waals surface area contributed by atoms with Gasteiger partial charge in [0.05, 0.1) is 5.56 Å². The lowest BCUT2D eigenvalue weighted by atomic mass is 9.90. The van der Waals surface area contributed by atoms with Crippen LogP contribution in [0.4, 0.5) is 13.2 Å². The largest absolute Gasteiger partial charge is 0.490 e. The van der Waals surface area contributed by atoms with Crippen molar-refractivity contribution in [2.75, 3.05) is 26.2 Å². The molecule has 2 fully saturated rings. The van der Waals surface area contributed by atoms with Crippen LogP contribution in [0.1, 0.15) is 48.0 Å². The number of rotatable bonds is 5. The Hall–Kier alpha value is -2.55. The van der Waals surface area contributed by atoms with E-state index in [0.29, 0.717) is 18.7 Å². The average molecular weight is 553 g/mol.